The van der Waals surface area contributed by atoms with Crippen LogP contribution < -0.4 is 0 Å². The highest BCUT2D eigenvalue weighted by Crippen LogP contribution is 2.26. The fourth-order valence-electron chi connectivity index (χ4n) is 3.66. The maximum atomic E-state index is 11.1. The standard InChI is InChI=1S/C27H36N2O2/c1-4-5-6-7-8-9-10-11-19-27-26(20-21-28-29-27)25-18-13-12-16-24(25)17-14-15-22(2)31-23(3)30/h12-13,16,18,20-22H,4-11,15,19H2,1-3H3. The Kier molecular flexibility index (Phi) is 11.4. The lowest BCUT2D eigenvalue weighted by molar-refractivity contribution is -0.145. The number of carbonyl (C=O) groups is 1. The summed E-state index contributed by atoms with van der Waals surface area (Å²) < 4.78 is 5.15. The molecule has 0 amide bonds. The Balaban J connectivity index is 2.00. The number of nitrogens with zero attached hydrogens (tertiary/aromatic N) is 2. The van der Waals surface area contributed by atoms with Crippen LogP contribution in [0.15, 0.2) is 36.5 Å². The molecule has 2 aromatic rings. The van der Waals surface area contributed by atoms with E-state index in [9.17, 15) is 4.79 Å². The van der Waals surface area contributed by atoms with Crippen molar-refractivity contribution in [1.29, 1.82) is 0 Å². The maximum absolute atomic E-state index is 11.1. The van der Waals surface area contributed by atoms with Gasteiger partial charge in [0.05, 0.1) is 11.9 Å². The first kappa shape index (κ1) is 24.6. The molecule has 0 bridgehead atoms. The largest absolute Gasteiger partial charge is 0.462 e. The summed E-state index contributed by atoms with van der Waals surface area (Å²) in [5.41, 5.74) is 4.19. The summed E-state index contributed by atoms with van der Waals surface area (Å²) in [6, 6.07) is 10.2. The van der Waals surface area contributed by atoms with Gasteiger partial charge in [-0.15, -0.1) is 0 Å². The summed E-state index contributed by atoms with van der Waals surface area (Å²) in [6.07, 6.45) is 13.3. The fourth-order valence-corrected chi connectivity index (χ4v) is 3.66. The number of unbranched alkanes of at least 4 members (excludes halogenated alkanes) is 7. The van der Waals surface area contributed by atoms with Gasteiger partial charge in [0, 0.05) is 24.5 Å². The van der Waals surface area contributed by atoms with Gasteiger partial charge in [0.15, 0.2) is 0 Å². The van der Waals surface area contributed by atoms with Gasteiger partial charge in [-0.1, -0.05) is 81.9 Å². The number of esters is 1. The topological polar surface area (TPSA) is 52.1 Å². The minimum absolute atomic E-state index is 0.211. The molecule has 1 atom stereocenters. The smallest absolute Gasteiger partial charge is 0.302 e. The van der Waals surface area contributed by atoms with Crippen LogP contribution in [0.2, 0.25) is 0 Å². The van der Waals surface area contributed by atoms with Gasteiger partial charge in [0.2, 0.25) is 0 Å². The molecule has 0 aliphatic carbocycles. The summed E-state index contributed by atoms with van der Waals surface area (Å²) in [6.45, 7) is 5.53. The fraction of sp³-hybridized carbons (Fsp3) is 0.519. The minimum Gasteiger partial charge on any atom is -0.462 e. The Hall–Kier alpha value is -2.67. The molecule has 0 spiro atoms. The van der Waals surface area contributed by atoms with Crippen molar-refractivity contribution in [1.82, 2.24) is 10.2 Å². The van der Waals surface area contributed by atoms with Gasteiger partial charge in [-0.3, -0.25) is 4.79 Å². The van der Waals surface area contributed by atoms with Crippen molar-refractivity contribution in [3.63, 3.8) is 0 Å². The zero-order valence-corrected chi connectivity index (χ0v) is 19.3. The van der Waals surface area contributed by atoms with E-state index in [4.69, 9.17) is 4.74 Å². The molecule has 31 heavy (non-hydrogen) atoms. The molecule has 0 saturated carbocycles. The minimum atomic E-state index is -0.275. The molecule has 0 N–H and O–H groups in total. The van der Waals surface area contributed by atoms with E-state index in [1.807, 2.05) is 31.2 Å². The summed E-state index contributed by atoms with van der Waals surface area (Å²) in [5.74, 6) is 6.13. The molecule has 1 aromatic heterocycles. The van der Waals surface area contributed by atoms with Gasteiger partial charge in [0.1, 0.15) is 6.10 Å². The predicted molar refractivity (Wildman–Crippen MR) is 127 cm³/mol. The molecule has 1 unspecified atom stereocenters. The molecule has 166 valence electrons. The number of hydrogen-bond acceptors (Lipinski definition) is 4. The average Bonchev–Trinajstić information content (AvgIpc) is 2.76. The van der Waals surface area contributed by atoms with E-state index < -0.39 is 0 Å². The normalized spacial score (nSPS) is 11.5. The Morgan fingerprint density at radius 2 is 1.71 bits per heavy atom. The van der Waals surface area contributed by atoms with Gasteiger partial charge >= 0.3 is 5.97 Å². The van der Waals surface area contributed by atoms with Crippen LogP contribution in [0.4, 0.5) is 0 Å². The molecule has 1 heterocycles. The lowest BCUT2D eigenvalue weighted by Crippen LogP contribution is -2.10. The monoisotopic (exact) mass is 420 g/mol. The lowest BCUT2D eigenvalue weighted by atomic mass is 9.96. The molecule has 0 radical (unpaired) electrons. The van der Waals surface area contributed by atoms with Crippen LogP contribution in [0.3, 0.4) is 0 Å². The van der Waals surface area contributed by atoms with E-state index in [1.165, 1.54) is 51.9 Å². The number of aromatic nitrogens is 2. The predicted octanol–water partition coefficient (Wildman–Crippen LogP) is 6.52. The first-order chi connectivity index (χ1) is 15.1. The quantitative estimate of drug-likeness (QED) is 0.223. The Morgan fingerprint density at radius 3 is 2.45 bits per heavy atom. The van der Waals surface area contributed by atoms with Crippen LogP contribution in [0.25, 0.3) is 11.1 Å². The molecule has 0 saturated heterocycles. The lowest BCUT2D eigenvalue weighted by Gasteiger charge is -2.10. The molecule has 2 rings (SSSR count). The molecule has 1 aromatic carbocycles. The highest BCUT2D eigenvalue weighted by atomic mass is 16.5. The van der Waals surface area contributed by atoms with E-state index in [1.54, 1.807) is 6.20 Å². The van der Waals surface area contributed by atoms with E-state index >= 15 is 0 Å². The average molecular weight is 421 g/mol. The Labute approximate surface area is 187 Å². The molecule has 0 aliphatic heterocycles. The molecule has 0 aliphatic rings. The van der Waals surface area contributed by atoms with Crippen molar-refractivity contribution in [2.45, 2.75) is 91.1 Å². The molecular formula is C27H36N2O2. The molecule has 4 nitrogen and oxygen atoms in total. The first-order valence-electron chi connectivity index (χ1n) is 11.7. The zero-order valence-electron chi connectivity index (χ0n) is 19.3. The first-order valence-corrected chi connectivity index (χ1v) is 11.7. The van der Waals surface area contributed by atoms with Crippen LogP contribution in [-0.2, 0) is 16.0 Å². The van der Waals surface area contributed by atoms with E-state index in [0.29, 0.717) is 6.42 Å². The number of aryl methyl sites for hydroxylation is 1. The van der Waals surface area contributed by atoms with Crippen LogP contribution in [0.1, 0.15) is 89.8 Å². The molecule has 4 heteroatoms. The summed E-state index contributed by atoms with van der Waals surface area (Å²) >= 11 is 0. The number of ether oxygens (including phenoxy) is 1. The Morgan fingerprint density at radius 1 is 1.00 bits per heavy atom. The van der Waals surface area contributed by atoms with E-state index in [2.05, 4.69) is 35.0 Å². The van der Waals surface area contributed by atoms with Crippen LogP contribution in [0.5, 0.6) is 0 Å². The highest BCUT2D eigenvalue weighted by molar-refractivity contribution is 5.72. The van der Waals surface area contributed by atoms with Gasteiger partial charge in [-0.25, -0.2) is 0 Å². The third-order valence-electron chi connectivity index (χ3n) is 5.26. The van der Waals surface area contributed by atoms with Crippen molar-refractivity contribution in [2.24, 2.45) is 0 Å². The zero-order chi connectivity index (χ0) is 22.3. The van der Waals surface area contributed by atoms with Gasteiger partial charge in [0.25, 0.3) is 0 Å². The van der Waals surface area contributed by atoms with Crippen LogP contribution in [-0.4, -0.2) is 22.3 Å². The number of rotatable bonds is 12. The van der Waals surface area contributed by atoms with Crippen LogP contribution in [0, 0.1) is 11.8 Å². The summed E-state index contributed by atoms with van der Waals surface area (Å²) in [4.78, 5) is 11.1. The molecular weight excluding hydrogens is 384 g/mol. The molecule has 0 fully saturated rings. The summed E-state index contributed by atoms with van der Waals surface area (Å²) in [7, 11) is 0. The SMILES string of the molecule is CCCCCCCCCCc1nnccc1-c1ccccc1C#CCC(C)OC(C)=O. The van der Waals surface area contributed by atoms with Gasteiger partial charge in [-0.2, -0.15) is 10.2 Å². The van der Waals surface area contributed by atoms with Crippen molar-refractivity contribution < 1.29 is 9.53 Å². The third-order valence-corrected chi connectivity index (χ3v) is 5.26. The number of carbonyl (C=O) groups excluding carboxylic acids is 1. The van der Waals surface area contributed by atoms with E-state index in [-0.39, 0.29) is 12.1 Å². The highest BCUT2D eigenvalue weighted by Gasteiger charge is 2.10. The van der Waals surface area contributed by atoms with Crippen molar-refractivity contribution in [3.05, 3.63) is 47.8 Å². The van der Waals surface area contributed by atoms with Crippen molar-refractivity contribution in [3.8, 4) is 23.0 Å². The summed E-state index contributed by atoms with van der Waals surface area (Å²) in [5, 5.41) is 8.57. The van der Waals surface area contributed by atoms with Crippen LogP contribution >= 0.6 is 0 Å². The van der Waals surface area contributed by atoms with Gasteiger partial charge < -0.3 is 4.74 Å². The second-order valence-corrected chi connectivity index (χ2v) is 8.09. The third kappa shape index (κ3) is 9.34. The second kappa shape index (κ2) is 14.4. The van der Waals surface area contributed by atoms with E-state index in [0.717, 1.165) is 35.2 Å². The van der Waals surface area contributed by atoms with Gasteiger partial charge in [-0.05, 0) is 37.5 Å². The Bertz CT molecular complexity index is 867. The maximum Gasteiger partial charge on any atom is 0.302 e. The number of hydrogen-bond donors (Lipinski definition) is 0. The number of benzene rings is 1. The second-order valence-electron chi connectivity index (χ2n) is 8.09. The van der Waals surface area contributed by atoms with Crippen molar-refractivity contribution in [2.75, 3.05) is 0 Å². The van der Waals surface area contributed by atoms with Crippen molar-refractivity contribution >= 4 is 5.97 Å².